The summed E-state index contributed by atoms with van der Waals surface area (Å²) in [7, 11) is 3.55. The summed E-state index contributed by atoms with van der Waals surface area (Å²) >= 11 is 0. The van der Waals surface area contributed by atoms with Crippen LogP contribution in [0.2, 0.25) is 0 Å². The van der Waals surface area contributed by atoms with E-state index >= 15 is 0 Å². The van der Waals surface area contributed by atoms with Crippen LogP contribution in [0, 0.1) is 5.92 Å². The zero-order chi connectivity index (χ0) is 12.7. The van der Waals surface area contributed by atoms with Gasteiger partial charge in [-0.1, -0.05) is 6.92 Å². The van der Waals surface area contributed by atoms with Gasteiger partial charge in [-0.15, -0.1) is 0 Å². The van der Waals surface area contributed by atoms with E-state index in [1.165, 1.54) is 12.8 Å². The number of hydrogen-bond acceptors (Lipinski definition) is 4. The molecule has 1 aliphatic rings. The summed E-state index contributed by atoms with van der Waals surface area (Å²) in [4.78, 5) is 2.52. The van der Waals surface area contributed by atoms with Gasteiger partial charge in [0.1, 0.15) is 0 Å². The predicted molar refractivity (Wildman–Crippen MR) is 70.1 cm³/mol. The molecule has 17 heavy (non-hydrogen) atoms. The smallest absolute Gasteiger partial charge is 0.0658 e. The van der Waals surface area contributed by atoms with Crippen molar-refractivity contribution in [2.75, 3.05) is 47.1 Å². The maximum Gasteiger partial charge on any atom is 0.0658 e. The fraction of sp³-hybridized carbons (Fsp3) is 1.00. The van der Waals surface area contributed by atoms with E-state index in [4.69, 9.17) is 15.2 Å². The molecule has 0 amide bonds. The van der Waals surface area contributed by atoms with Crippen LogP contribution in [-0.2, 0) is 9.47 Å². The molecule has 0 aromatic heterocycles. The van der Waals surface area contributed by atoms with Gasteiger partial charge in [0.15, 0.2) is 0 Å². The topological polar surface area (TPSA) is 47.7 Å². The molecule has 4 nitrogen and oxygen atoms in total. The van der Waals surface area contributed by atoms with Crippen molar-refractivity contribution in [3.05, 3.63) is 0 Å². The second-order valence-electron chi connectivity index (χ2n) is 5.10. The van der Waals surface area contributed by atoms with E-state index in [1.54, 1.807) is 14.2 Å². The van der Waals surface area contributed by atoms with Crippen LogP contribution in [0.25, 0.3) is 0 Å². The Labute approximate surface area is 105 Å². The molecule has 1 aliphatic heterocycles. The Morgan fingerprint density at radius 3 is 2.29 bits per heavy atom. The molecule has 1 rings (SSSR count). The third-order valence-electron chi connectivity index (χ3n) is 4.14. The monoisotopic (exact) mass is 244 g/mol. The molecular formula is C13H28N2O2. The number of nitrogens with two attached hydrogens (primary N) is 1. The lowest BCUT2D eigenvalue weighted by atomic mass is 9.89. The minimum Gasteiger partial charge on any atom is -0.384 e. The molecule has 1 unspecified atom stereocenters. The van der Waals surface area contributed by atoms with E-state index in [9.17, 15) is 0 Å². The van der Waals surface area contributed by atoms with Crippen LogP contribution in [0.15, 0.2) is 0 Å². The van der Waals surface area contributed by atoms with Gasteiger partial charge in [0, 0.05) is 27.4 Å². The minimum atomic E-state index is 0.0345. The van der Waals surface area contributed by atoms with Gasteiger partial charge < -0.3 is 15.2 Å². The van der Waals surface area contributed by atoms with Gasteiger partial charge in [0.2, 0.25) is 0 Å². The molecule has 1 atom stereocenters. The molecule has 1 fully saturated rings. The molecule has 102 valence electrons. The van der Waals surface area contributed by atoms with Crippen molar-refractivity contribution in [2.24, 2.45) is 11.7 Å². The largest absolute Gasteiger partial charge is 0.384 e. The molecular weight excluding hydrogens is 216 g/mol. The number of ether oxygens (including phenoxy) is 2. The summed E-state index contributed by atoms with van der Waals surface area (Å²) in [6, 6.07) is 0. The highest BCUT2D eigenvalue weighted by Gasteiger charge is 2.36. The van der Waals surface area contributed by atoms with Gasteiger partial charge in [-0.05, 0) is 38.3 Å². The Morgan fingerprint density at radius 2 is 1.88 bits per heavy atom. The quantitative estimate of drug-likeness (QED) is 0.728. The fourth-order valence-corrected chi connectivity index (χ4v) is 2.83. The first-order valence-electron chi connectivity index (χ1n) is 6.65. The number of methoxy groups -OCH3 is 2. The Hall–Kier alpha value is -0.160. The molecule has 0 aromatic carbocycles. The van der Waals surface area contributed by atoms with Crippen LogP contribution in [0.3, 0.4) is 0 Å². The first-order chi connectivity index (χ1) is 8.22. The molecule has 0 bridgehead atoms. The van der Waals surface area contributed by atoms with Gasteiger partial charge in [0.05, 0.1) is 12.1 Å². The average Bonchev–Trinajstić information content (AvgIpc) is 2.38. The summed E-state index contributed by atoms with van der Waals surface area (Å²) < 4.78 is 10.6. The van der Waals surface area contributed by atoms with Crippen molar-refractivity contribution < 1.29 is 9.47 Å². The number of piperidine rings is 1. The van der Waals surface area contributed by atoms with E-state index in [1.807, 2.05) is 0 Å². The van der Waals surface area contributed by atoms with Crippen LogP contribution >= 0.6 is 0 Å². The molecule has 0 aliphatic carbocycles. The van der Waals surface area contributed by atoms with E-state index in [0.717, 1.165) is 32.7 Å². The summed E-state index contributed by atoms with van der Waals surface area (Å²) in [5.41, 5.74) is 6.02. The molecule has 4 heteroatoms. The number of rotatable bonds is 7. The third kappa shape index (κ3) is 3.65. The minimum absolute atomic E-state index is 0.0345. The van der Waals surface area contributed by atoms with Gasteiger partial charge in [-0.2, -0.15) is 0 Å². The van der Waals surface area contributed by atoms with E-state index in [2.05, 4.69) is 11.8 Å². The van der Waals surface area contributed by atoms with Crippen molar-refractivity contribution in [1.29, 1.82) is 0 Å². The van der Waals surface area contributed by atoms with E-state index in [0.29, 0.717) is 12.5 Å². The van der Waals surface area contributed by atoms with Gasteiger partial charge in [-0.25, -0.2) is 0 Å². The lowest BCUT2D eigenvalue weighted by Gasteiger charge is -2.46. The van der Waals surface area contributed by atoms with Crippen molar-refractivity contribution in [3.63, 3.8) is 0 Å². The van der Waals surface area contributed by atoms with Crippen LogP contribution in [-0.4, -0.2) is 57.5 Å². The van der Waals surface area contributed by atoms with Gasteiger partial charge in [0.25, 0.3) is 0 Å². The highest BCUT2D eigenvalue weighted by Crippen LogP contribution is 2.26. The van der Waals surface area contributed by atoms with Crippen molar-refractivity contribution in [2.45, 2.75) is 31.7 Å². The van der Waals surface area contributed by atoms with E-state index < -0.39 is 0 Å². The van der Waals surface area contributed by atoms with Crippen molar-refractivity contribution >= 4 is 0 Å². The summed E-state index contributed by atoms with van der Waals surface area (Å²) in [5, 5.41) is 0. The van der Waals surface area contributed by atoms with Crippen LogP contribution in [0.4, 0.5) is 0 Å². The first kappa shape index (κ1) is 14.9. The second-order valence-corrected chi connectivity index (χ2v) is 5.10. The summed E-state index contributed by atoms with van der Waals surface area (Å²) in [6.07, 6.45) is 3.46. The maximum absolute atomic E-state index is 5.98. The predicted octanol–water partition coefficient (Wildman–Crippen LogP) is 1.10. The lowest BCUT2D eigenvalue weighted by molar-refractivity contribution is -0.0152. The fourth-order valence-electron chi connectivity index (χ4n) is 2.83. The summed E-state index contributed by atoms with van der Waals surface area (Å²) in [6.45, 7) is 6.72. The van der Waals surface area contributed by atoms with Gasteiger partial charge in [-0.3, -0.25) is 4.90 Å². The van der Waals surface area contributed by atoms with Crippen LogP contribution in [0.5, 0.6) is 0 Å². The molecule has 0 radical (unpaired) electrons. The SMILES string of the molecule is CCC(CN)(COC)N1CCC(COC)CC1. The highest BCUT2D eigenvalue weighted by molar-refractivity contribution is 4.93. The second kappa shape index (κ2) is 7.31. The van der Waals surface area contributed by atoms with Crippen molar-refractivity contribution in [3.8, 4) is 0 Å². The Balaban J connectivity index is 2.54. The molecule has 1 heterocycles. The van der Waals surface area contributed by atoms with Gasteiger partial charge >= 0.3 is 0 Å². The third-order valence-corrected chi connectivity index (χ3v) is 4.14. The average molecular weight is 244 g/mol. The van der Waals surface area contributed by atoms with Crippen molar-refractivity contribution in [1.82, 2.24) is 4.90 Å². The standard InChI is InChI=1S/C13H28N2O2/c1-4-13(10-14,11-17-3)15-7-5-12(6-8-15)9-16-2/h12H,4-11,14H2,1-3H3. The molecule has 1 saturated heterocycles. The van der Waals surface area contributed by atoms with Crippen LogP contribution < -0.4 is 5.73 Å². The lowest BCUT2D eigenvalue weighted by Crippen LogP contribution is -2.58. The molecule has 0 aromatic rings. The maximum atomic E-state index is 5.98. The Bertz CT molecular complexity index is 200. The number of likely N-dealkylation sites (tertiary alicyclic amines) is 1. The Morgan fingerprint density at radius 1 is 1.24 bits per heavy atom. The normalized spacial score (nSPS) is 22.6. The zero-order valence-corrected chi connectivity index (χ0v) is 11.6. The van der Waals surface area contributed by atoms with Crippen LogP contribution in [0.1, 0.15) is 26.2 Å². The number of hydrogen-bond donors (Lipinski definition) is 1. The highest BCUT2D eigenvalue weighted by atomic mass is 16.5. The Kier molecular flexibility index (Phi) is 6.41. The zero-order valence-electron chi connectivity index (χ0n) is 11.6. The molecule has 0 spiro atoms. The molecule has 0 saturated carbocycles. The van der Waals surface area contributed by atoms with E-state index in [-0.39, 0.29) is 5.54 Å². The molecule has 2 N–H and O–H groups in total. The number of nitrogens with zero attached hydrogens (tertiary/aromatic N) is 1. The summed E-state index contributed by atoms with van der Waals surface area (Å²) in [5.74, 6) is 0.714. The first-order valence-corrected chi connectivity index (χ1v) is 6.65.